The molecule has 0 amide bonds. The Balaban J connectivity index is 2.88. The molecular formula is C15H27N3. The van der Waals surface area contributed by atoms with Crippen LogP contribution in [-0.2, 0) is 19.4 Å². The Morgan fingerprint density at radius 1 is 1.22 bits per heavy atom. The fraction of sp³-hybridized carbons (Fsp3) is 0.733. The summed E-state index contributed by atoms with van der Waals surface area (Å²) in [6.07, 6.45) is 5.11. The van der Waals surface area contributed by atoms with Crippen molar-refractivity contribution >= 4 is 0 Å². The van der Waals surface area contributed by atoms with Crippen LogP contribution < -0.4 is 5.32 Å². The number of hydrogen-bond acceptors (Lipinski definition) is 3. The van der Waals surface area contributed by atoms with Crippen molar-refractivity contribution in [2.75, 3.05) is 6.54 Å². The topological polar surface area (TPSA) is 37.8 Å². The SMILES string of the molecule is CCCc1nc(CC(C)(C)C)ncc1CNCC. The van der Waals surface area contributed by atoms with Crippen molar-refractivity contribution < 1.29 is 0 Å². The van der Waals surface area contributed by atoms with Gasteiger partial charge in [0.15, 0.2) is 0 Å². The lowest BCUT2D eigenvalue weighted by molar-refractivity contribution is 0.399. The van der Waals surface area contributed by atoms with E-state index in [4.69, 9.17) is 4.98 Å². The number of rotatable bonds is 6. The van der Waals surface area contributed by atoms with Crippen LogP contribution in [0.2, 0.25) is 0 Å². The van der Waals surface area contributed by atoms with E-state index in [2.05, 4.69) is 44.9 Å². The maximum atomic E-state index is 4.75. The molecule has 3 heteroatoms. The minimum Gasteiger partial charge on any atom is -0.313 e. The Hall–Kier alpha value is -0.960. The number of hydrogen-bond donors (Lipinski definition) is 1. The van der Waals surface area contributed by atoms with E-state index in [1.165, 1.54) is 11.3 Å². The van der Waals surface area contributed by atoms with Gasteiger partial charge in [-0.1, -0.05) is 41.0 Å². The third kappa shape index (κ3) is 5.13. The van der Waals surface area contributed by atoms with Crippen LogP contribution in [0.4, 0.5) is 0 Å². The van der Waals surface area contributed by atoms with Gasteiger partial charge in [0, 0.05) is 30.4 Å². The van der Waals surface area contributed by atoms with Crippen LogP contribution in [-0.4, -0.2) is 16.5 Å². The largest absolute Gasteiger partial charge is 0.313 e. The van der Waals surface area contributed by atoms with Gasteiger partial charge < -0.3 is 5.32 Å². The van der Waals surface area contributed by atoms with E-state index in [-0.39, 0.29) is 5.41 Å². The van der Waals surface area contributed by atoms with Gasteiger partial charge in [-0.2, -0.15) is 0 Å². The molecule has 0 aliphatic rings. The first-order valence-electron chi connectivity index (χ1n) is 7.00. The van der Waals surface area contributed by atoms with Gasteiger partial charge in [0.25, 0.3) is 0 Å². The van der Waals surface area contributed by atoms with E-state index in [9.17, 15) is 0 Å². The molecular weight excluding hydrogens is 222 g/mol. The summed E-state index contributed by atoms with van der Waals surface area (Å²) in [6, 6.07) is 0. The second-order valence-electron chi connectivity index (χ2n) is 6.03. The Morgan fingerprint density at radius 2 is 1.94 bits per heavy atom. The molecule has 0 atom stereocenters. The normalized spacial score (nSPS) is 11.8. The number of nitrogens with one attached hydrogen (secondary N) is 1. The highest BCUT2D eigenvalue weighted by atomic mass is 14.9. The highest BCUT2D eigenvalue weighted by Crippen LogP contribution is 2.19. The number of aromatic nitrogens is 2. The van der Waals surface area contributed by atoms with Crippen molar-refractivity contribution in [1.82, 2.24) is 15.3 Å². The van der Waals surface area contributed by atoms with Gasteiger partial charge in [-0.05, 0) is 18.4 Å². The quantitative estimate of drug-likeness (QED) is 0.841. The molecule has 102 valence electrons. The van der Waals surface area contributed by atoms with Crippen LogP contribution in [0.3, 0.4) is 0 Å². The Bertz CT molecular complexity index is 366. The van der Waals surface area contributed by atoms with Crippen molar-refractivity contribution in [3.63, 3.8) is 0 Å². The highest BCUT2D eigenvalue weighted by Gasteiger charge is 2.14. The maximum Gasteiger partial charge on any atom is 0.129 e. The van der Waals surface area contributed by atoms with E-state index < -0.39 is 0 Å². The van der Waals surface area contributed by atoms with Gasteiger partial charge in [0.05, 0.1) is 0 Å². The lowest BCUT2D eigenvalue weighted by atomic mass is 9.92. The molecule has 1 heterocycles. The predicted molar refractivity (Wildman–Crippen MR) is 76.6 cm³/mol. The van der Waals surface area contributed by atoms with Crippen molar-refractivity contribution in [2.45, 2.75) is 60.4 Å². The first-order chi connectivity index (χ1) is 8.46. The molecule has 1 aromatic heterocycles. The molecule has 0 unspecified atom stereocenters. The molecule has 0 aliphatic heterocycles. The van der Waals surface area contributed by atoms with Crippen LogP contribution in [0.25, 0.3) is 0 Å². The van der Waals surface area contributed by atoms with Crippen LogP contribution in [0.5, 0.6) is 0 Å². The molecule has 0 bridgehead atoms. The number of aryl methyl sites for hydroxylation is 1. The fourth-order valence-corrected chi connectivity index (χ4v) is 1.90. The molecule has 0 aromatic carbocycles. The van der Waals surface area contributed by atoms with Gasteiger partial charge in [-0.3, -0.25) is 0 Å². The van der Waals surface area contributed by atoms with Gasteiger partial charge >= 0.3 is 0 Å². The van der Waals surface area contributed by atoms with E-state index in [0.717, 1.165) is 38.2 Å². The van der Waals surface area contributed by atoms with Crippen LogP contribution >= 0.6 is 0 Å². The zero-order chi connectivity index (χ0) is 13.6. The molecule has 0 radical (unpaired) electrons. The van der Waals surface area contributed by atoms with Gasteiger partial charge in [-0.15, -0.1) is 0 Å². The second kappa shape index (κ2) is 6.83. The van der Waals surface area contributed by atoms with E-state index in [1.807, 2.05) is 6.20 Å². The average Bonchev–Trinajstić information content (AvgIpc) is 2.26. The fourth-order valence-electron chi connectivity index (χ4n) is 1.90. The molecule has 1 aromatic rings. The Morgan fingerprint density at radius 3 is 2.50 bits per heavy atom. The standard InChI is InChI=1S/C15H27N3/c1-6-8-13-12(10-16-7-2)11-17-14(18-13)9-15(3,4)5/h11,16H,6-10H2,1-5H3. The summed E-state index contributed by atoms with van der Waals surface area (Å²) in [5.41, 5.74) is 2.70. The van der Waals surface area contributed by atoms with Gasteiger partial charge in [-0.25, -0.2) is 9.97 Å². The number of nitrogens with zero attached hydrogens (tertiary/aromatic N) is 2. The molecule has 0 aliphatic carbocycles. The molecule has 1 rings (SSSR count). The molecule has 0 fully saturated rings. The van der Waals surface area contributed by atoms with Crippen molar-refractivity contribution in [2.24, 2.45) is 5.41 Å². The predicted octanol–water partition coefficient (Wildman–Crippen LogP) is 3.13. The third-order valence-corrected chi connectivity index (χ3v) is 2.74. The Kier molecular flexibility index (Phi) is 5.73. The summed E-state index contributed by atoms with van der Waals surface area (Å²) in [4.78, 5) is 9.26. The maximum absolute atomic E-state index is 4.75. The summed E-state index contributed by atoms with van der Waals surface area (Å²) in [5, 5.41) is 3.35. The van der Waals surface area contributed by atoms with E-state index >= 15 is 0 Å². The average molecular weight is 249 g/mol. The van der Waals surface area contributed by atoms with Crippen molar-refractivity contribution in [1.29, 1.82) is 0 Å². The molecule has 3 nitrogen and oxygen atoms in total. The lowest BCUT2D eigenvalue weighted by Gasteiger charge is -2.18. The third-order valence-electron chi connectivity index (χ3n) is 2.74. The monoisotopic (exact) mass is 249 g/mol. The van der Waals surface area contributed by atoms with Gasteiger partial charge in [0.1, 0.15) is 5.82 Å². The minimum absolute atomic E-state index is 0.243. The first kappa shape index (κ1) is 15.1. The molecule has 0 saturated heterocycles. The summed E-state index contributed by atoms with van der Waals surface area (Å²) in [7, 11) is 0. The van der Waals surface area contributed by atoms with Crippen LogP contribution in [0.1, 0.15) is 58.1 Å². The summed E-state index contributed by atoms with van der Waals surface area (Å²) < 4.78 is 0. The van der Waals surface area contributed by atoms with Gasteiger partial charge in [0.2, 0.25) is 0 Å². The zero-order valence-corrected chi connectivity index (χ0v) is 12.5. The lowest BCUT2D eigenvalue weighted by Crippen LogP contribution is -2.17. The summed E-state index contributed by atoms with van der Waals surface area (Å²) in [6.45, 7) is 12.8. The van der Waals surface area contributed by atoms with E-state index in [0.29, 0.717) is 0 Å². The highest BCUT2D eigenvalue weighted by molar-refractivity contribution is 5.18. The summed E-state index contributed by atoms with van der Waals surface area (Å²) in [5.74, 6) is 0.978. The minimum atomic E-state index is 0.243. The van der Waals surface area contributed by atoms with E-state index in [1.54, 1.807) is 0 Å². The molecule has 0 spiro atoms. The molecule has 0 saturated carbocycles. The van der Waals surface area contributed by atoms with Crippen molar-refractivity contribution in [3.8, 4) is 0 Å². The Labute approximate surface area is 111 Å². The molecule has 18 heavy (non-hydrogen) atoms. The first-order valence-corrected chi connectivity index (χ1v) is 7.00. The smallest absolute Gasteiger partial charge is 0.129 e. The van der Waals surface area contributed by atoms with Crippen LogP contribution in [0.15, 0.2) is 6.20 Å². The molecule has 1 N–H and O–H groups in total. The summed E-state index contributed by atoms with van der Waals surface area (Å²) >= 11 is 0. The van der Waals surface area contributed by atoms with Crippen molar-refractivity contribution in [3.05, 3.63) is 23.3 Å². The van der Waals surface area contributed by atoms with Crippen LogP contribution in [0, 0.1) is 5.41 Å². The second-order valence-corrected chi connectivity index (χ2v) is 6.03. The zero-order valence-electron chi connectivity index (χ0n) is 12.5.